The first-order valence-corrected chi connectivity index (χ1v) is 18.2. The Kier molecular flexibility index (Phi) is 7.22. The highest BCUT2D eigenvalue weighted by atomic mass is 14.3. The molecule has 0 bridgehead atoms. The molecule has 0 nitrogen and oxygen atoms in total. The third-order valence-electron chi connectivity index (χ3n) is 11.0. The Labute approximate surface area is 305 Å². The smallest absolute Gasteiger partial charge is 0.00132 e. The van der Waals surface area contributed by atoms with Gasteiger partial charge in [0.15, 0.2) is 0 Å². The Morgan fingerprint density at radius 1 is 0.288 bits per heavy atom. The van der Waals surface area contributed by atoms with Gasteiger partial charge in [-0.2, -0.15) is 0 Å². The van der Waals surface area contributed by atoms with E-state index in [4.69, 9.17) is 0 Å². The van der Waals surface area contributed by atoms with Crippen molar-refractivity contribution in [3.05, 3.63) is 205 Å². The summed E-state index contributed by atoms with van der Waals surface area (Å²) in [6, 6.07) is 69.4. The van der Waals surface area contributed by atoms with Gasteiger partial charge in [-0.05, 0) is 137 Å². The lowest BCUT2D eigenvalue weighted by Crippen LogP contribution is -1.93. The molecule has 0 radical (unpaired) electrons. The van der Waals surface area contributed by atoms with E-state index in [0.717, 1.165) is 6.42 Å². The van der Waals surface area contributed by atoms with Crippen LogP contribution < -0.4 is 0 Å². The Balaban J connectivity index is 1.13. The second-order valence-corrected chi connectivity index (χ2v) is 14.1. The lowest BCUT2D eigenvalue weighted by Gasteiger charge is -2.20. The first-order valence-electron chi connectivity index (χ1n) is 18.2. The number of benzene rings is 9. The van der Waals surface area contributed by atoms with Crippen LogP contribution >= 0.6 is 0 Å². The van der Waals surface area contributed by atoms with Crippen molar-refractivity contribution in [3.63, 3.8) is 0 Å². The van der Waals surface area contributed by atoms with Crippen LogP contribution in [0.15, 0.2) is 188 Å². The molecule has 0 aliphatic heterocycles. The van der Waals surface area contributed by atoms with Crippen molar-refractivity contribution >= 4 is 21.5 Å². The van der Waals surface area contributed by atoms with Crippen LogP contribution in [0.4, 0.5) is 0 Å². The fraction of sp³-hybridized carbons (Fsp3) is 0.0385. The van der Waals surface area contributed by atoms with Crippen LogP contribution in [0.3, 0.4) is 0 Å². The molecule has 1 aliphatic carbocycles. The molecular weight excluding hydrogens is 625 g/mol. The molecule has 0 spiro atoms. The van der Waals surface area contributed by atoms with E-state index in [2.05, 4.69) is 195 Å². The Bertz CT molecular complexity index is 2690. The zero-order valence-electron chi connectivity index (χ0n) is 29.1. The standard InChI is InChI=1S/C52H36/c1-34-28-37(42-32-40(35-14-4-2-5-15-35)31-41(33-42)36-16-6-3-7-17-36)24-26-44(34)52-49-22-12-10-20-47(49)51(48-21-11-13-23-50(48)52)39-25-27-46-43(30-39)29-38-18-8-9-19-45(38)46/h2-28,30-33H,29H2,1H3. The molecule has 1 aliphatic rings. The molecule has 9 aromatic carbocycles. The van der Waals surface area contributed by atoms with Crippen LogP contribution in [-0.2, 0) is 6.42 Å². The highest BCUT2D eigenvalue weighted by molar-refractivity contribution is 6.21. The van der Waals surface area contributed by atoms with Crippen LogP contribution in [0.1, 0.15) is 16.7 Å². The van der Waals surface area contributed by atoms with E-state index in [1.165, 1.54) is 105 Å². The molecule has 10 rings (SSSR count). The maximum atomic E-state index is 2.44. The maximum absolute atomic E-state index is 2.44. The van der Waals surface area contributed by atoms with E-state index in [1.54, 1.807) is 0 Å². The molecule has 0 atom stereocenters. The van der Waals surface area contributed by atoms with E-state index in [1.807, 2.05) is 0 Å². The first kappa shape index (κ1) is 30.3. The third kappa shape index (κ3) is 5.07. The van der Waals surface area contributed by atoms with Crippen molar-refractivity contribution in [2.45, 2.75) is 13.3 Å². The SMILES string of the molecule is Cc1cc(-c2cc(-c3ccccc3)cc(-c3ccccc3)c2)ccc1-c1c2ccccc2c(-c2ccc3c(c2)Cc2ccccc2-3)c2ccccc12. The zero-order valence-corrected chi connectivity index (χ0v) is 29.1. The van der Waals surface area contributed by atoms with Crippen LogP contribution in [-0.4, -0.2) is 0 Å². The average molecular weight is 661 g/mol. The van der Waals surface area contributed by atoms with Gasteiger partial charge in [0.05, 0.1) is 0 Å². The monoisotopic (exact) mass is 660 g/mol. The van der Waals surface area contributed by atoms with E-state index >= 15 is 0 Å². The van der Waals surface area contributed by atoms with Gasteiger partial charge in [-0.3, -0.25) is 0 Å². The summed E-state index contributed by atoms with van der Waals surface area (Å²) < 4.78 is 0. The molecule has 0 aromatic heterocycles. The zero-order chi connectivity index (χ0) is 34.6. The van der Waals surface area contributed by atoms with Crippen LogP contribution in [0.25, 0.3) is 88.3 Å². The third-order valence-corrected chi connectivity index (χ3v) is 11.0. The van der Waals surface area contributed by atoms with Crippen molar-refractivity contribution in [2.75, 3.05) is 0 Å². The van der Waals surface area contributed by atoms with Gasteiger partial charge in [0, 0.05) is 0 Å². The summed E-state index contributed by atoms with van der Waals surface area (Å²) in [5.41, 5.74) is 19.3. The molecule has 0 saturated heterocycles. The molecule has 0 heterocycles. The quantitative estimate of drug-likeness (QED) is 0.161. The normalized spacial score (nSPS) is 11.9. The molecule has 0 saturated carbocycles. The minimum atomic E-state index is 0.986. The molecule has 52 heavy (non-hydrogen) atoms. The summed E-state index contributed by atoms with van der Waals surface area (Å²) in [7, 11) is 0. The second kappa shape index (κ2) is 12.4. The average Bonchev–Trinajstić information content (AvgIpc) is 3.58. The van der Waals surface area contributed by atoms with E-state index in [0.29, 0.717) is 0 Å². The molecule has 0 heteroatoms. The molecule has 0 fully saturated rings. The van der Waals surface area contributed by atoms with Gasteiger partial charge in [-0.25, -0.2) is 0 Å². The number of hydrogen-bond acceptors (Lipinski definition) is 0. The van der Waals surface area contributed by atoms with Gasteiger partial charge >= 0.3 is 0 Å². The molecule has 9 aromatic rings. The van der Waals surface area contributed by atoms with Gasteiger partial charge < -0.3 is 0 Å². The predicted molar refractivity (Wildman–Crippen MR) is 222 cm³/mol. The van der Waals surface area contributed by atoms with Crippen LogP contribution in [0.5, 0.6) is 0 Å². The summed E-state index contributed by atoms with van der Waals surface area (Å²) in [6.45, 7) is 2.27. The second-order valence-electron chi connectivity index (χ2n) is 14.1. The fourth-order valence-electron chi connectivity index (χ4n) is 8.54. The van der Waals surface area contributed by atoms with Crippen molar-refractivity contribution in [3.8, 4) is 66.8 Å². The van der Waals surface area contributed by atoms with E-state index in [9.17, 15) is 0 Å². The highest BCUT2D eigenvalue weighted by Crippen LogP contribution is 2.47. The Hall–Kier alpha value is -6.50. The summed E-state index contributed by atoms with van der Waals surface area (Å²) in [5, 5.41) is 5.15. The van der Waals surface area contributed by atoms with Crippen LogP contribution in [0, 0.1) is 6.92 Å². The minimum absolute atomic E-state index is 0.986. The first-order chi connectivity index (χ1) is 25.7. The number of rotatable bonds is 5. The van der Waals surface area contributed by atoms with E-state index < -0.39 is 0 Å². The summed E-state index contributed by atoms with van der Waals surface area (Å²) in [5.74, 6) is 0. The molecule has 244 valence electrons. The van der Waals surface area contributed by atoms with Crippen LogP contribution in [0.2, 0.25) is 0 Å². The minimum Gasteiger partial charge on any atom is -0.0622 e. The molecule has 0 N–H and O–H groups in total. The lowest BCUT2D eigenvalue weighted by molar-refractivity contribution is 1.26. The summed E-state index contributed by atoms with van der Waals surface area (Å²) in [6.07, 6.45) is 0.986. The lowest BCUT2D eigenvalue weighted by atomic mass is 9.84. The van der Waals surface area contributed by atoms with Gasteiger partial charge in [-0.1, -0.05) is 170 Å². The largest absolute Gasteiger partial charge is 0.0622 e. The number of fused-ring (bicyclic) bond motifs is 5. The maximum Gasteiger partial charge on any atom is -0.00132 e. The number of aryl methyl sites for hydroxylation is 1. The van der Waals surface area contributed by atoms with Gasteiger partial charge in [0.25, 0.3) is 0 Å². The van der Waals surface area contributed by atoms with Gasteiger partial charge in [0.2, 0.25) is 0 Å². The highest BCUT2D eigenvalue weighted by Gasteiger charge is 2.22. The Morgan fingerprint density at radius 3 is 1.35 bits per heavy atom. The van der Waals surface area contributed by atoms with Gasteiger partial charge in [0.1, 0.15) is 0 Å². The summed E-state index contributed by atoms with van der Waals surface area (Å²) in [4.78, 5) is 0. The fourth-order valence-corrected chi connectivity index (χ4v) is 8.54. The molecular formula is C52H36. The molecule has 0 amide bonds. The van der Waals surface area contributed by atoms with Crippen molar-refractivity contribution in [1.29, 1.82) is 0 Å². The van der Waals surface area contributed by atoms with E-state index in [-0.39, 0.29) is 0 Å². The van der Waals surface area contributed by atoms with Crippen molar-refractivity contribution in [2.24, 2.45) is 0 Å². The Morgan fingerprint density at radius 2 is 0.750 bits per heavy atom. The topological polar surface area (TPSA) is 0 Å². The number of hydrogen-bond donors (Lipinski definition) is 0. The van der Waals surface area contributed by atoms with Crippen molar-refractivity contribution < 1.29 is 0 Å². The van der Waals surface area contributed by atoms with Crippen molar-refractivity contribution in [1.82, 2.24) is 0 Å². The van der Waals surface area contributed by atoms with Gasteiger partial charge in [-0.15, -0.1) is 0 Å². The molecule has 0 unspecified atom stereocenters. The predicted octanol–water partition coefficient (Wildman–Crippen LogP) is 14.2. The summed E-state index contributed by atoms with van der Waals surface area (Å²) >= 11 is 0.